The highest BCUT2D eigenvalue weighted by Crippen LogP contribution is 2.44. The molecule has 2 fully saturated rings. The molecule has 0 radical (unpaired) electrons. The summed E-state index contributed by atoms with van der Waals surface area (Å²) in [7, 11) is 0. The van der Waals surface area contributed by atoms with Crippen molar-refractivity contribution in [1.82, 2.24) is 20.2 Å². The summed E-state index contributed by atoms with van der Waals surface area (Å²) in [5.41, 5.74) is 2.86. The van der Waals surface area contributed by atoms with Crippen molar-refractivity contribution >= 4 is 34.6 Å². The van der Waals surface area contributed by atoms with Crippen LogP contribution in [0.1, 0.15) is 56.1 Å². The number of H-pyrrole nitrogens is 1. The Morgan fingerprint density at radius 3 is 2.91 bits per heavy atom. The first-order valence-electron chi connectivity index (χ1n) is 11.5. The molecule has 1 aliphatic carbocycles. The molecule has 0 aromatic carbocycles. The molecule has 2 N–H and O–H groups in total. The second-order valence-electron chi connectivity index (χ2n) is 10.0. The molecule has 8 nitrogen and oxygen atoms in total. The molecule has 1 saturated heterocycles. The SMILES string of the molecule is CC(C)(C)OC(=O)N1[C@@H]2CC[C@H](C2)[C@@H]1COc1cnccc1-c1[nH]c2c(c1I)C(=O)NCC2. The number of fused-ring (bicyclic) bond motifs is 3. The number of rotatable bonds is 4. The first kappa shape index (κ1) is 22.5. The lowest BCUT2D eigenvalue weighted by Gasteiger charge is -2.36. The molecule has 2 aromatic heterocycles. The maximum atomic E-state index is 12.9. The number of carbonyl (C=O) groups excluding carboxylic acids is 2. The van der Waals surface area contributed by atoms with Crippen LogP contribution in [0.5, 0.6) is 5.75 Å². The second kappa shape index (κ2) is 8.48. The lowest BCUT2D eigenvalue weighted by molar-refractivity contribution is 0.00133. The predicted molar refractivity (Wildman–Crippen MR) is 131 cm³/mol. The van der Waals surface area contributed by atoms with Crippen molar-refractivity contribution in [2.45, 2.75) is 64.1 Å². The summed E-state index contributed by atoms with van der Waals surface area (Å²) in [6.45, 7) is 6.70. The Balaban J connectivity index is 1.38. The number of aromatic amines is 1. The van der Waals surface area contributed by atoms with Crippen molar-refractivity contribution in [1.29, 1.82) is 0 Å². The normalized spacial score (nSPS) is 23.9. The van der Waals surface area contributed by atoms with E-state index in [-0.39, 0.29) is 24.1 Å². The Morgan fingerprint density at radius 1 is 1.33 bits per heavy atom. The number of halogens is 1. The number of pyridine rings is 1. The molecule has 9 heteroatoms. The highest BCUT2D eigenvalue weighted by molar-refractivity contribution is 14.1. The first-order chi connectivity index (χ1) is 15.7. The van der Waals surface area contributed by atoms with Gasteiger partial charge in [-0.15, -0.1) is 0 Å². The van der Waals surface area contributed by atoms with Gasteiger partial charge in [-0.25, -0.2) is 4.79 Å². The van der Waals surface area contributed by atoms with E-state index in [1.165, 1.54) is 0 Å². The summed E-state index contributed by atoms with van der Waals surface area (Å²) in [5, 5.41) is 2.91. The highest BCUT2D eigenvalue weighted by atomic mass is 127. The van der Waals surface area contributed by atoms with Gasteiger partial charge in [-0.2, -0.15) is 0 Å². The number of hydrogen-bond acceptors (Lipinski definition) is 5. The van der Waals surface area contributed by atoms with Crippen LogP contribution in [0.25, 0.3) is 11.3 Å². The summed E-state index contributed by atoms with van der Waals surface area (Å²) in [4.78, 5) is 34.9. The predicted octanol–water partition coefficient (Wildman–Crippen LogP) is 4.13. The molecule has 1 saturated carbocycles. The molecule has 2 amide bonds. The molecule has 0 unspecified atom stereocenters. The third-order valence-corrected chi connectivity index (χ3v) is 7.79. The van der Waals surface area contributed by atoms with Crippen LogP contribution in [0.4, 0.5) is 4.79 Å². The van der Waals surface area contributed by atoms with Gasteiger partial charge in [0.1, 0.15) is 18.0 Å². The summed E-state index contributed by atoms with van der Waals surface area (Å²) >= 11 is 2.22. The van der Waals surface area contributed by atoms with Crippen molar-refractivity contribution in [3.05, 3.63) is 33.3 Å². The van der Waals surface area contributed by atoms with Gasteiger partial charge in [-0.05, 0) is 74.6 Å². The van der Waals surface area contributed by atoms with Gasteiger partial charge in [0.2, 0.25) is 0 Å². The molecule has 176 valence electrons. The lowest BCUT2D eigenvalue weighted by Crippen LogP contribution is -2.49. The van der Waals surface area contributed by atoms with Crippen molar-refractivity contribution in [2.24, 2.45) is 5.92 Å². The fourth-order valence-corrected chi connectivity index (χ4v) is 6.30. The van der Waals surface area contributed by atoms with Gasteiger partial charge in [-0.1, -0.05) is 0 Å². The number of hydrogen-bond donors (Lipinski definition) is 2. The van der Waals surface area contributed by atoms with E-state index >= 15 is 0 Å². The van der Waals surface area contributed by atoms with E-state index in [4.69, 9.17) is 9.47 Å². The molecule has 3 atom stereocenters. The van der Waals surface area contributed by atoms with Crippen LogP contribution >= 0.6 is 22.6 Å². The van der Waals surface area contributed by atoms with Crippen molar-refractivity contribution < 1.29 is 19.1 Å². The molecule has 33 heavy (non-hydrogen) atoms. The quantitative estimate of drug-likeness (QED) is 0.545. The van der Waals surface area contributed by atoms with E-state index in [9.17, 15) is 9.59 Å². The van der Waals surface area contributed by atoms with Crippen LogP contribution in [0, 0.1) is 9.49 Å². The minimum Gasteiger partial charge on any atom is -0.489 e. The molecule has 0 spiro atoms. The first-order valence-corrected chi connectivity index (χ1v) is 12.6. The standard InChI is InChI=1S/C24H29IN4O4/c1-24(2,3)33-23(31)29-14-5-4-13(10-14)17(29)12-32-18-11-26-8-6-15(18)21-20(25)19-16(28-21)7-9-27-22(19)30/h6,8,11,13-14,17,28H,4-5,7,9-10,12H2,1-3H3,(H,27,30)/t13-,14-,17+/m1/s1. The largest absolute Gasteiger partial charge is 0.489 e. The summed E-state index contributed by atoms with van der Waals surface area (Å²) in [5.74, 6) is 1.01. The average Bonchev–Trinajstić information content (AvgIpc) is 3.45. The topological polar surface area (TPSA) is 96.5 Å². The zero-order chi connectivity index (χ0) is 23.3. The van der Waals surface area contributed by atoms with Gasteiger partial charge in [0.05, 0.1) is 27.1 Å². The van der Waals surface area contributed by atoms with Gasteiger partial charge >= 0.3 is 6.09 Å². The Labute approximate surface area is 206 Å². The molecule has 5 rings (SSSR count). The van der Waals surface area contributed by atoms with E-state index in [0.717, 1.165) is 46.2 Å². The van der Waals surface area contributed by atoms with E-state index in [1.807, 2.05) is 31.7 Å². The minimum atomic E-state index is -0.531. The number of amides is 2. The zero-order valence-electron chi connectivity index (χ0n) is 19.1. The highest BCUT2D eigenvalue weighted by Gasteiger charge is 2.49. The van der Waals surface area contributed by atoms with Crippen LogP contribution < -0.4 is 10.1 Å². The van der Waals surface area contributed by atoms with Crippen molar-refractivity contribution in [3.63, 3.8) is 0 Å². The third-order valence-electron chi connectivity index (χ3n) is 6.71. The summed E-state index contributed by atoms with van der Waals surface area (Å²) < 4.78 is 12.9. The third kappa shape index (κ3) is 4.20. The van der Waals surface area contributed by atoms with Crippen molar-refractivity contribution in [2.75, 3.05) is 13.2 Å². The molecule has 2 aliphatic heterocycles. The number of nitrogens with one attached hydrogen (secondary N) is 2. The molecular formula is C24H29IN4O4. The van der Waals surface area contributed by atoms with Gasteiger partial charge in [0.25, 0.3) is 5.91 Å². The van der Waals surface area contributed by atoms with Crippen molar-refractivity contribution in [3.8, 4) is 17.0 Å². The number of aromatic nitrogens is 2. The average molecular weight is 564 g/mol. The number of ether oxygens (including phenoxy) is 2. The van der Waals surface area contributed by atoms with Gasteiger partial charge < -0.3 is 19.8 Å². The van der Waals surface area contributed by atoms with E-state index in [2.05, 4.69) is 37.9 Å². The maximum Gasteiger partial charge on any atom is 0.410 e. The van der Waals surface area contributed by atoms with Crippen LogP contribution in [0.2, 0.25) is 0 Å². The van der Waals surface area contributed by atoms with Gasteiger partial charge in [0.15, 0.2) is 0 Å². The lowest BCUT2D eigenvalue weighted by atomic mass is 9.99. The van der Waals surface area contributed by atoms with E-state index < -0.39 is 5.60 Å². The Kier molecular flexibility index (Phi) is 5.78. The molecular weight excluding hydrogens is 535 g/mol. The Morgan fingerprint density at radius 2 is 2.15 bits per heavy atom. The van der Waals surface area contributed by atoms with Crippen LogP contribution in [0.3, 0.4) is 0 Å². The number of nitrogens with zero attached hydrogens (tertiary/aromatic N) is 2. The van der Waals surface area contributed by atoms with E-state index in [1.54, 1.807) is 12.4 Å². The Bertz CT molecular complexity index is 1090. The molecule has 4 heterocycles. The van der Waals surface area contributed by atoms with Gasteiger partial charge in [-0.3, -0.25) is 14.7 Å². The monoisotopic (exact) mass is 564 g/mol. The smallest absolute Gasteiger partial charge is 0.410 e. The van der Waals surface area contributed by atoms with Crippen LogP contribution in [-0.2, 0) is 11.2 Å². The number of carbonyl (C=O) groups is 2. The zero-order valence-corrected chi connectivity index (χ0v) is 21.3. The minimum absolute atomic E-state index is 0.0200. The number of piperidine rings is 1. The molecule has 2 aromatic rings. The van der Waals surface area contributed by atoms with Crippen LogP contribution in [0.15, 0.2) is 18.5 Å². The Hall–Kier alpha value is -2.30. The fraction of sp³-hybridized carbons (Fsp3) is 0.542. The van der Waals surface area contributed by atoms with Crippen LogP contribution in [-0.4, -0.2) is 57.7 Å². The number of likely N-dealkylation sites (tertiary alicyclic amines) is 1. The summed E-state index contributed by atoms with van der Waals surface area (Å²) in [6.07, 6.45) is 7.07. The second-order valence-corrected chi connectivity index (χ2v) is 11.1. The maximum absolute atomic E-state index is 12.9. The molecule has 3 aliphatic rings. The van der Waals surface area contributed by atoms with Gasteiger partial charge in [0, 0.05) is 36.5 Å². The fourth-order valence-electron chi connectivity index (χ4n) is 5.31. The van der Waals surface area contributed by atoms with E-state index in [0.29, 0.717) is 30.4 Å². The molecule has 2 bridgehead atoms. The summed E-state index contributed by atoms with van der Waals surface area (Å²) in [6, 6.07) is 2.11.